The van der Waals surface area contributed by atoms with Gasteiger partial charge in [0.1, 0.15) is 17.9 Å². The van der Waals surface area contributed by atoms with Gasteiger partial charge in [-0.2, -0.15) is 5.10 Å². The molecule has 112 valence electrons. The van der Waals surface area contributed by atoms with E-state index in [1.807, 2.05) is 6.92 Å². The quantitative estimate of drug-likeness (QED) is 0.919. The zero-order valence-electron chi connectivity index (χ0n) is 12.1. The minimum Gasteiger partial charge on any atom is -0.481 e. The second-order valence-electron chi connectivity index (χ2n) is 4.80. The molecule has 0 aliphatic rings. The average Bonchev–Trinajstić information content (AvgIpc) is 2.93. The number of rotatable bonds is 5. The number of ether oxygens (including phenoxy) is 1. The first kappa shape index (κ1) is 15.3. The fourth-order valence-electron chi connectivity index (χ4n) is 1.91. The van der Waals surface area contributed by atoms with Gasteiger partial charge in [0.15, 0.2) is 6.10 Å². The van der Waals surface area contributed by atoms with Gasteiger partial charge >= 0.3 is 0 Å². The molecule has 0 bridgehead atoms. The fraction of sp³-hybridized carbons (Fsp3) is 0.357. The van der Waals surface area contributed by atoms with Crippen molar-refractivity contribution in [1.82, 2.24) is 20.1 Å². The van der Waals surface area contributed by atoms with Crippen LogP contribution in [0.1, 0.15) is 18.3 Å². The number of nitrogens with zero attached hydrogens (tertiary/aromatic N) is 3. The maximum atomic E-state index is 12.3. The standard InChI is InChI=1S/C14H17ClN4O2/c1-9-6-11(15)4-5-12(9)21-10(2)14(20)19(3)7-13-16-8-17-18-13/h4-6,8,10H,7H2,1-3H3,(H,16,17,18). The van der Waals surface area contributed by atoms with Gasteiger partial charge in [0, 0.05) is 12.1 Å². The lowest BCUT2D eigenvalue weighted by atomic mass is 10.2. The summed E-state index contributed by atoms with van der Waals surface area (Å²) in [5, 5.41) is 7.11. The van der Waals surface area contributed by atoms with Gasteiger partial charge < -0.3 is 9.64 Å². The second kappa shape index (κ2) is 6.58. The van der Waals surface area contributed by atoms with Crippen LogP contribution in [-0.2, 0) is 11.3 Å². The van der Waals surface area contributed by atoms with Crippen molar-refractivity contribution >= 4 is 17.5 Å². The topological polar surface area (TPSA) is 71.1 Å². The van der Waals surface area contributed by atoms with Crippen LogP contribution in [0.5, 0.6) is 5.75 Å². The number of aromatic amines is 1. The number of benzene rings is 1. The summed E-state index contributed by atoms with van der Waals surface area (Å²) < 4.78 is 5.71. The SMILES string of the molecule is Cc1cc(Cl)ccc1OC(C)C(=O)N(C)Cc1ncn[nH]1. The summed E-state index contributed by atoms with van der Waals surface area (Å²) in [5.41, 5.74) is 0.889. The summed E-state index contributed by atoms with van der Waals surface area (Å²) in [6.07, 6.45) is 0.808. The molecule has 2 rings (SSSR count). The lowest BCUT2D eigenvalue weighted by Gasteiger charge is -2.22. The van der Waals surface area contributed by atoms with Crippen molar-refractivity contribution in [2.75, 3.05) is 7.05 Å². The predicted octanol–water partition coefficient (Wildman–Crippen LogP) is 2.19. The van der Waals surface area contributed by atoms with Crippen molar-refractivity contribution in [3.8, 4) is 5.75 Å². The highest BCUT2D eigenvalue weighted by Gasteiger charge is 2.20. The molecule has 7 heteroatoms. The van der Waals surface area contributed by atoms with E-state index >= 15 is 0 Å². The third kappa shape index (κ3) is 3.95. The van der Waals surface area contributed by atoms with Crippen LogP contribution in [0.25, 0.3) is 0 Å². The molecule has 21 heavy (non-hydrogen) atoms. The molecule has 1 aromatic carbocycles. The van der Waals surface area contributed by atoms with Crippen molar-refractivity contribution in [3.63, 3.8) is 0 Å². The van der Waals surface area contributed by atoms with Crippen molar-refractivity contribution in [1.29, 1.82) is 0 Å². The number of nitrogens with one attached hydrogen (secondary N) is 1. The number of aromatic nitrogens is 3. The van der Waals surface area contributed by atoms with Gasteiger partial charge in [0.2, 0.25) is 0 Å². The molecule has 1 heterocycles. The van der Waals surface area contributed by atoms with Crippen molar-refractivity contribution in [3.05, 3.63) is 40.9 Å². The van der Waals surface area contributed by atoms with Crippen molar-refractivity contribution in [2.24, 2.45) is 0 Å². The summed E-state index contributed by atoms with van der Waals surface area (Å²) in [4.78, 5) is 17.8. The number of amides is 1. The number of carbonyl (C=O) groups excluding carboxylic acids is 1. The number of aryl methyl sites for hydroxylation is 1. The monoisotopic (exact) mass is 308 g/mol. The highest BCUT2D eigenvalue weighted by Crippen LogP contribution is 2.23. The molecule has 1 N–H and O–H groups in total. The fourth-order valence-corrected chi connectivity index (χ4v) is 2.13. The Morgan fingerprint density at radius 1 is 1.52 bits per heavy atom. The summed E-state index contributed by atoms with van der Waals surface area (Å²) >= 11 is 5.90. The van der Waals surface area contributed by atoms with E-state index in [1.165, 1.54) is 11.2 Å². The van der Waals surface area contributed by atoms with Crippen LogP contribution in [0, 0.1) is 6.92 Å². The number of hydrogen-bond donors (Lipinski definition) is 1. The molecular formula is C14H17ClN4O2. The van der Waals surface area contributed by atoms with Gasteiger partial charge in [-0.15, -0.1) is 0 Å². The van der Waals surface area contributed by atoms with Gasteiger partial charge in [-0.1, -0.05) is 11.6 Å². The molecule has 0 aliphatic heterocycles. The van der Waals surface area contributed by atoms with E-state index in [2.05, 4.69) is 15.2 Å². The number of hydrogen-bond acceptors (Lipinski definition) is 4. The highest BCUT2D eigenvalue weighted by molar-refractivity contribution is 6.30. The van der Waals surface area contributed by atoms with Gasteiger partial charge in [0.25, 0.3) is 5.91 Å². The van der Waals surface area contributed by atoms with Crippen LogP contribution in [0.15, 0.2) is 24.5 Å². The van der Waals surface area contributed by atoms with Crippen LogP contribution in [0.3, 0.4) is 0 Å². The first-order chi connectivity index (χ1) is 9.97. The zero-order valence-corrected chi connectivity index (χ0v) is 12.9. The molecule has 1 atom stereocenters. The summed E-state index contributed by atoms with van der Waals surface area (Å²) in [6.45, 7) is 3.95. The van der Waals surface area contributed by atoms with Gasteiger partial charge in [-0.05, 0) is 37.6 Å². The minimum atomic E-state index is -0.599. The maximum Gasteiger partial charge on any atom is 0.263 e. The molecule has 0 saturated heterocycles. The normalized spacial score (nSPS) is 12.0. The summed E-state index contributed by atoms with van der Waals surface area (Å²) in [6, 6.07) is 5.30. The van der Waals surface area contributed by atoms with Gasteiger partial charge in [0.05, 0.1) is 6.54 Å². The lowest BCUT2D eigenvalue weighted by Crippen LogP contribution is -2.37. The molecule has 6 nitrogen and oxygen atoms in total. The molecule has 0 spiro atoms. The Kier molecular flexibility index (Phi) is 4.80. The van der Waals surface area contributed by atoms with Crippen LogP contribution in [0.4, 0.5) is 0 Å². The largest absolute Gasteiger partial charge is 0.481 e. The lowest BCUT2D eigenvalue weighted by molar-refractivity contribution is -0.137. The predicted molar refractivity (Wildman–Crippen MR) is 79.1 cm³/mol. The molecule has 0 saturated carbocycles. The first-order valence-electron chi connectivity index (χ1n) is 6.49. The molecule has 0 fully saturated rings. The second-order valence-corrected chi connectivity index (χ2v) is 5.23. The van der Waals surface area contributed by atoms with E-state index in [0.29, 0.717) is 23.1 Å². The maximum absolute atomic E-state index is 12.3. The van der Waals surface area contributed by atoms with Crippen LogP contribution in [0.2, 0.25) is 5.02 Å². The van der Waals surface area contributed by atoms with Crippen LogP contribution >= 0.6 is 11.6 Å². The van der Waals surface area contributed by atoms with E-state index in [1.54, 1.807) is 32.2 Å². The van der Waals surface area contributed by atoms with Gasteiger partial charge in [-0.3, -0.25) is 9.89 Å². The van der Waals surface area contributed by atoms with E-state index in [-0.39, 0.29) is 5.91 Å². The zero-order chi connectivity index (χ0) is 15.4. The van der Waals surface area contributed by atoms with Crippen molar-refractivity contribution < 1.29 is 9.53 Å². The van der Waals surface area contributed by atoms with E-state index in [4.69, 9.17) is 16.3 Å². The Labute approximate surface area is 128 Å². The molecule has 1 unspecified atom stereocenters. The third-order valence-electron chi connectivity index (χ3n) is 3.02. The molecule has 2 aromatic rings. The molecule has 1 amide bonds. The highest BCUT2D eigenvalue weighted by atomic mass is 35.5. The first-order valence-corrected chi connectivity index (χ1v) is 6.87. The van der Waals surface area contributed by atoms with Crippen LogP contribution < -0.4 is 4.74 Å². The molecule has 0 aliphatic carbocycles. The average molecular weight is 309 g/mol. The van der Waals surface area contributed by atoms with E-state index < -0.39 is 6.10 Å². The Balaban J connectivity index is 1.98. The number of H-pyrrole nitrogens is 1. The summed E-state index contributed by atoms with van der Waals surface area (Å²) in [5.74, 6) is 1.13. The van der Waals surface area contributed by atoms with Gasteiger partial charge in [-0.25, -0.2) is 4.98 Å². The molecule has 0 radical (unpaired) electrons. The number of halogens is 1. The Hall–Kier alpha value is -2.08. The molecular weight excluding hydrogens is 292 g/mol. The molecule has 1 aromatic heterocycles. The third-order valence-corrected chi connectivity index (χ3v) is 3.25. The Bertz CT molecular complexity index is 615. The van der Waals surface area contributed by atoms with E-state index in [0.717, 1.165) is 5.56 Å². The smallest absolute Gasteiger partial charge is 0.263 e. The minimum absolute atomic E-state index is 0.138. The van der Waals surface area contributed by atoms with Crippen molar-refractivity contribution in [2.45, 2.75) is 26.5 Å². The van der Waals surface area contributed by atoms with E-state index in [9.17, 15) is 4.79 Å². The number of likely N-dealkylation sites (N-methyl/N-ethyl adjacent to an activating group) is 1. The number of carbonyl (C=O) groups is 1. The summed E-state index contributed by atoms with van der Waals surface area (Å²) in [7, 11) is 1.69. The van der Waals surface area contributed by atoms with Crippen LogP contribution in [-0.4, -0.2) is 39.1 Å². The Morgan fingerprint density at radius 3 is 2.90 bits per heavy atom. The Morgan fingerprint density at radius 2 is 2.29 bits per heavy atom.